The number of nitrogens with zero attached hydrogens (tertiary/aromatic N) is 2. The highest BCUT2D eigenvalue weighted by Crippen LogP contribution is 2.39. The number of alkyl halides is 3. The van der Waals surface area contributed by atoms with Gasteiger partial charge in [-0.3, -0.25) is 9.59 Å². The summed E-state index contributed by atoms with van der Waals surface area (Å²) < 4.78 is 41.6. The van der Waals surface area contributed by atoms with Gasteiger partial charge in [-0.15, -0.1) is 0 Å². The highest BCUT2D eigenvalue weighted by atomic mass is 19.4. The Labute approximate surface area is 199 Å². The van der Waals surface area contributed by atoms with Crippen LogP contribution in [0, 0.1) is 12.8 Å². The molecule has 2 bridgehead atoms. The van der Waals surface area contributed by atoms with Gasteiger partial charge in [0.25, 0.3) is 11.5 Å². The minimum absolute atomic E-state index is 0.0134. The van der Waals surface area contributed by atoms with Crippen LogP contribution < -0.4 is 10.9 Å². The summed E-state index contributed by atoms with van der Waals surface area (Å²) in [6.07, 6.45) is -3.56. The van der Waals surface area contributed by atoms with E-state index in [1.165, 1.54) is 13.0 Å². The Bertz CT molecular complexity index is 1350. The van der Waals surface area contributed by atoms with Gasteiger partial charge in [-0.25, -0.2) is 4.98 Å². The van der Waals surface area contributed by atoms with Crippen molar-refractivity contribution in [2.45, 2.75) is 51.1 Å². The van der Waals surface area contributed by atoms with Crippen molar-refractivity contribution >= 4 is 22.5 Å². The van der Waals surface area contributed by atoms with Crippen LogP contribution >= 0.6 is 0 Å². The van der Waals surface area contributed by atoms with Crippen LogP contribution in [0.1, 0.15) is 53.1 Å². The summed E-state index contributed by atoms with van der Waals surface area (Å²) in [7, 11) is 0. The number of benzene rings is 2. The summed E-state index contributed by atoms with van der Waals surface area (Å²) in [5.74, 6) is 0.254. The van der Waals surface area contributed by atoms with Crippen molar-refractivity contribution in [3.63, 3.8) is 0 Å². The summed E-state index contributed by atoms with van der Waals surface area (Å²) in [5.41, 5.74) is -0.425. The Morgan fingerprint density at radius 1 is 1.23 bits per heavy atom. The van der Waals surface area contributed by atoms with Crippen molar-refractivity contribution in [3.8, 4) is 0 Å². The molecule has 2 heterocycles. The van der Waals surface area contributed by atoms with Gasteiger partial charge in [0.1, 0.15) is 5.82 Å². The van der Waals surface area contributed by atoms with Crippen molar-refractivity contribution in [1.29, 1.82) is 0 Å². The zero-order valence-corrected chi connectivity index (χ0v) is 19.2. The van der Waals surface area contributed by atoms with E-state index in [1.807, 2.05) is 0 Å². The fourth-order valence-electron chi connectivity index (χ4n) is 5.30. The molecule has 3 aromatic rings. The zero-order chi connectivity index (χ0) is 25.1. The van der Waals surface area contributed by atoms with E-state index in [1.54, 1.807) is 36.1 Å². The maximum Gasteiger partial charge on any atom is 0.416 e. The highest BCUT2D eigenvalue weighted by Gasteiger charge is 2.45. The Morgan fingerprint density at radius 3 is 2.54 bits per heavy atom. The molecule has 5 rings (SSSR count). The molecule has 1 aliphatic heterocycles. The zero-order valence-electron chi connectivity index (χ0n) is 19.2. The molecule has 1 aliphatic carbocycles. The molecule has 1 aromatic heterocycles. The Kier molecular flexibility index (Phi) is 5.58. The molecular formula is C25H25F3N4O3. The second-order valence-electron chi connectivity index (χ2n) is 9.46. The number of likely N-dealkylation sites (tertiary alicyclic amines) is 1. The second kappa shape index (κ2) is 8.37. The topological polar surface area (TPSA) is 98.3 Å². The average molecular weight is 486 g/mol. The van der Waals surface area contributed by atoms with E-state index in [2.05, 4.69) is 15.3 Å². The van der Waals surface area contributed by atoms with Gasteiger partial charge in [0.2, 0.25) is 0 Å². The number of aromatic nitrogens is 2. The number of anilines is 1. The lowest BCUT2D eigenvalue weighted by Crippen LogP contribution is -2.41. The predicted molar refractivity (Wildman–Crippen MR) is 124 cm³/mol. The number of aliphatic hydroxyl groups is 1. The maximum absolute atomic E-state index is 13.9. The van der Waals surface area contributed by atoms with E-state index in [4.69, 9.17) is 0 Å². The SMILES string of the molecule is Cc1nc2cc(C(F)(F)F)c([C@H](C)Nc3ccc(C(=O)N4C[C@H]5C[C@@H]4CC5O)cc3)cc2c(=O)[nH]1. The number of piperidine rings is 1. The number of carbonyl (C=O) groups excluding carboxylic acids is 1. The largest absolute Gasteiger partial charge is 0.416 e. The molecule has 2 aliphatic rings. The molecule has 3 N–H and O–H groups in total. The number of carbonyl (C=O) groups is 1. The Morgan fingerprint density at radius 2 is 1.94 bits per heavy atom. The number of aromatic amines is 1. The van der Waals surface area contributed by atoms with Crippen LogP contribution in [0.25, 0.3) is 10.9 Å². The number of aliphatic hydroxyl groups excluding tert-OH is 1. The Balaban J connectivity index is 1.38. The molecule has 35 heavy (non-hydrogen) atoms. The third-order valence-corrected chi connectivity index (χ3v) is 7.05. The van der Waals surface area contributed by atoms with Crippen molar-refractivity contribution in [1.82, 2.24) is 14.9 Å². The van der Waals surface area contributed by atoms with Crippen LogP contribution in [-0.4, -0.2) is 44.6 Å². The van der Waals surface area contributed by atoms with E-state index in [0.29, 0.717) is 24.2 Å². The molecule has 1 saturated heterocycles. The molecule has 2 aromatic carbocycles. The lowest BCUT2D eigenvalue weighted by Gasteiger charge is -2.29. The standard InChI is InChI=1S/C25H25F3N4O3/c1-12(18-9-19-21(10-20(18)25(26,27)28)30-13(2)31-23(19)34)29-16-5-3-14(4-6-16)24(35)32-11-15-7-17(32)8-22(15)33/h3-6,9-10,12,15,17,22,29,33H,7-8,11H2,1-2H3,(H,30,31,34)/t12-,15+,17+,22?/m0/s1. The molecular weight excluding hydrogens is 461 g/mol. The van der Waals surface area contributed by atoms with E-state index in [0.717, 1.165) is 12.5 Å². The van der Waals surface area contributed by atoms with Crippen molar-refractivity contribution in [2.24, 2.45) is 5.92 Å². The number of halogens is 3. The number of hydrogen-bond acceptors (Lipinski definition) is 5. The minimum atomic E-state index is -4.63. The van der Waals surface area contributed by atoms with E-state index in [-0.39, 0.29) is 46.3 Å². The fourth-order valence-corrected chi connectivity index (χ4v) is 5.30. The molecule has 2 fully saturated rings. The molecule has 10 heteroatoms. The van der Waals surface area contributed by atoms with Crippen molar-refractivity contribution < 1.29 is 23.1 Å². The maximum atomic E-state index is 13.9. The Hall–Kier alpha value is -3.40. The molecule has 0 spiro atoms. The molecule has 184 valence electrons. The third kappa shape index (κ3) is 4.27. The number of hydrogen-bond donors (Lipinski definition) is 3. The van der Waals surface area contributed by atoms with Crippen LogP contribution in [0.2, 0.25) is 0 Å². The molecule has 1 amide bonds. The smallest absolute Gasteiger partial charge is 0.393 e. The summed E-state index contributed by atoms with van der Waals surface area (Å²) in [5, 5.41) is 13.0. The first-order valence-corrected chi connectivity index (χ1v) is 11.5. The van der Waals surface area contributed by atoms with Gasteiger partial charge in [-0.1, -0.05) is 0 Å². The summed E-state index contributed by atoms with van der Waals surface area (Å²) >= 11 is 0. The number of nitrogens with one attached hydrogen (secondary N) is 2. The summed E-state index contributed by atoms with van der Waals surface area (Å²) in [4.78, 5) is 33.6. The summed E-state index contributed by atoms with van der Waals surface area (Å²) in [6, 6.07) is 8.00. The highest BCUT2D eigenvalue weighted by molar-refractivity contribution is 5.95. The van der Waals surface area contributed by atoms with Crippen molar-refractivity contribution in [2.75, 3.05) is 11.9 Å². The fraction of sp³-hybridized carbons (Fsp3) is 0.400. The first-order chi connectivity index (χ1) is 16.5. The van der Waals surface area contributed by atoms with Gasteiger partial charge < -0.3 is 20.3 Å². The van der Waals surface area contributed by atoms with Crippen LogP contribution in [-0.2, 0) is 6.18 Å². The number of H-pyrrole nitrogens is 1. The lowest BCUT2D eigenvalue weighted by molar-refractivity contribution is -0.138. The van der Waals surface area contributed by atoms with Crippen molar-refractivity contribution in [3.05, 3.63) is 69.3 Å². The normalized spacial score (nSPS) is 22.6. The number of aryl methyl sites for hydroxylation is 1. The van der Waals surface area contributed by atoms with Gasteiger partial charge in [-0.05, 0) is 68.7 Å². The number of amides is 1. The van der Waals surface area contributed by atoms with Gasteiger partial charge in [0, 0.05) is 35.8 Å². The molecule has 0 radical (unpaired) electrons. The van der Waals surface area contributed by atoms with Gasteiger partial charge >= 0.3 is 6.18 Å². The number of rotatable bonds is 4. The number of fused-ring (bicyclic) bond motifs is 3. The molecule has 1 unspecified atom stereocenters. The molecule has 7 nitrogen and oxygen atoms in total. The third-order valence-electron chi connectivity index (χ3n) is 7.05. The first kappa shape index (κ1) is 23.3. The quantitative estimate of drug-likeness (QED) is 0.518. The predicted octanol–water partition coefficient (Wildman–Crippen LogP) is 4.02. The van der Waals surface area contributed by atoms with Crippen LogP contribution in [0.4, 0.5) is 18.9 Å². The molecule has 4 atom stereocenters. The van der Waals surface area contributed by atoms with Gasteiger partial charge in [0.15, 0.2) is 0 Å². The monoisotopic (exact) mass is 486 g/mol. The van der Waals surface area contributed by atoms with E-state index < -0.39 is 23.3 Å². The molecule has 1 saturated carbocycles. The minimum Gasteiger partial charge on any atom is -0.393 e. The van der Waals surface area contributed by atoms with Crippen LogP contribution in [0.5, 0.6) is 0 Å². The van der Waals surface area contributed by atoms with Gasteiger partial charge in [0.05, 0.1) is 22.6 Å². The lowest BCUT2D eigenvalue weighted by atomic mass is 9.98. The average Bonchev–Trinajstić information content (AvgIpc) is 3.37. The van der Waals surface area contributed by atoms with Gasteiger partial charge in [-0.2, -0.15) is 13.2 Å². The first-order valence-electron chi connectivity index (χ1n) is 11.5. The van der Waals surface area contributed by atoms with Crippen LogP contribution in [0.3, 0.4) is 0 Å². The van der Waals surface area contributed by atoms with Crippen LogP contribution in [0.15, 0.2) is 41.2 Å². The summed E-state index contributed by atoms with van der Waals surface area (Å²) in [6.45, 7) is 3.63. The van der Waals surface area contributed by atoms with E-state index in [9.17, 15) is 27.9 Å². The van der Waals surface area contributed by atoms with E-state index >= 15 is 0 Å². The second-order valence-corrected chi connectivity index (χ2v) is 9.46.